The molecule has 0 spiro atoms. The van der Waals surface area contributed by atoms with Crippen molar-refractivity contribution in [1.29, 1.82) is 0 Å². The highest BCUT2D eigenvalue weighted by molar-refractivity contribution is 9.10. The van der Waals surface area contributed by atoms with E-state index in [1.807, 2.05) is 78.9 Å². The monoisotopic (exact) mass is 433 g/mol. The molecule has 4 rings (SSSR count). The zero-order valence-corrected chi connectivity index (χ0v) is 16.4. The Hall–Kier alpha value is -3.18. The normalized spacial score (nSPS) is 14.7. The molecule has 0 saturated heterocycles. The van der Waals surface area contributed by atoms with Crippen LogP contribution < -0.4 is 4.74 Å². The first-order valence-corrected chi connectivity index (χ1v) is 9.52. The largest absolute Gasteiger partial charge is 0.489 e. The standard InChI is InChI=1S/C23H16BrNO3/c24-19-8-4-7-18(14-19)22-25-21(23(26)28-22)13-16-9-11-20(12-10-16)27-15-17-5-2-1-3-6-17/h1-14H,15H2/b21-13-. The van der Waals surface area contributed by atoms with Gasteiger partial charge in [-0.25, -0.2) is 9.79 Å². The number of carbonyl (C=O) groups is 1. The van der Waals surface area contributed by atoms with Gasteiger partial charge in [-0.15, -0.1) is 0 Å². The van der Waals surface area contributed by atoms with Gasteiger partial charge < -0.3 is 9.47 Å². The molecule has 3 aromatic carbocycles. The number of halogens is 1. The molecular weight excluding hydrogens is 418 g/mol. The molecule has 138 valence electrons. The molecule has 0 bridgehead atoms. The average molecular weight is 434 g/mol. The van der Waals surface area contributed by atoms with Gasteiger partial charge in [-0.1, -0.05) is 64.5 Å². The predicted molar refractivity (Wildman–Crippen MR) is 112 cm³/mol. The van der Waals surface area contributed by atoms with Crippen molar-refractivity contribution in [2.45, 2.75) is 6.61 Å². The summed E-state index contributed by atoms with van der Waals surface area (Å²) in [7, 11) is 0. The maximum atomic E-state index is 12.1. The second-order valence-electron chi connectivity index (χ2n) is 6.19. The first kappa shape index (κ1) is 18.2. The van der Waals surface area contributed by atoms with Crippen molar-refractivity contribution in [3.63, 3.8) is 0 Å². The van der Waals surface area contributed by atoms with Crippen LogP contribution in [0.25, 0.3) is 6.08 Å². The Kier molecular flexibility index (Phi) is 5.35. The lowest BCUT2D eigenvalue weighted by atomic mass is 10.2. The summed E-state index contributed by atoms with van der Waals surface area (Å²) in [6, 6.07) is 25.0. The van der Waals surface area contributed by atoms with Gasteiger partial charge >= 0.3 is 5.97 Å². The zero-order chi connectivity index (χ0) is 19.3. The van der Waals surface area contributed by atoms with Crippen LogP contribution in [-0.2, 0) is 16.1 Å². The Labute approximate surface area is 171 Å². The van der Waals surface area contributed by atoms with E-state index < -0.39 is 5.97 Å². The number of nitrogens with zero attached hydrogens (tertiary/aromatic N) is 1. The fraction of sp³-hybridized carbons (Fsp3) is 0.0435. The van der Waals surface area contributed by atoms with E-state index in [1.165, 1.54) is 0 Å². The van der Waals surface area contributed by atoms with E-state index in [2.05, 4.69) is 20.9 Å². The van der Waals surface area contributed by atoms with Crippen molar-refractivity contribution in [3.05, 3.63) is 106 Å². The second-order valence-corrected chi connectivity index (χ2v) is 7.11. The third kappa shape index (κ3) is 4.38. The van der Waals surface area contributed by atoms with E-state index in [-0.39, 0.29) is 5.70 Å². The predicted octanol–water partition coefficient (Wildman–Crippen LogP) is 5.37. The third-order valence-electron chi connectivity index (χ3n) is 4.12. The number of aliphatic imine (C=N–C) groups is 1. The van der Waals surface area contributed by atoms with E-state index in [0.29, 0.717) is 12.5 Å². The first-order valence-electron chi connectivity index (χ1n) is 8.73. The molecule has 1 aliphatic heterocycles. The highest BCUT2D eigenvalue weighted by Gasteiger charge is 2.24. The van der Waals surface area contributed by atoms with Crippen LogP contribution in [0.4, 0.5) is 0 Å². The summed E-state index contributed by atoms with van der Waals surface area (Å²) in [5.74, 6) is 0.609. The summed E-state index contributed by atoms with van der Waals surface area (Å²) in [5.41, 5.74) is 2.97. The van der Waals surface area contributed by atoms with Crippen LogP contribution in [0.15, 0.2) is 94.0 Å². The maximum absolute atomic E-state index is 12.1. The van der Waals surface area contributed by atoms with Crippen LogP contribution in [0, 0.1) is 0 Å². The minimum absolute atomic E-state index is 0.271. The molecule has 0 aromatic heterocycles. The number of hydrogen-bond donors (Lipinski definition) is 0. The summed E-state index contributed by atoms with van der Waals surface area (Å²) in [4.78, 5) is 16.5. The fourth-order valence-electron chi connectivity index (χ4n) is 2.71. The summed E-state index contributed by atoms with van der Waals surface area (Å²) < 4.78 is 12.0. The van der Waals surface area contributed by atoms with Crippen LogP contribution >= 0.6 is 15.9 Å². The first-order chi connectivity index (χ1) is 13.7. The summed E-state index contributed by atoms with van der Waals surface area (Å²) in [6.45, 7) is 0.508. The Morgan fingerprint density at radius 2 is 1.75 bits per heavy atom. The molecule has 3 aromatic rings. The van der Waals surface area contributed by atoms with Gasteiger partial charge in [0.05, 0.1) is 0 Å². The molecule has 1 aliphatic rings. The summed E-state index contributed by atoms with van der Waals surface area (Å²) >= 11 is 3.41. The molecule has 5 heteroatoms. The Balaban J connectivity index is 1.47. The molecule has 1 heterocycles. The molecule has 4 nitrogen and oxygen atoms in total. The van der Waals surface area contributed by atoms with E-state index in [0.717, 1.165) is 26.9 Å². The topological polar surface area (TPSA) is 47.9 Å². The summed E-state index contributed by atoms with van der Waals surface area (Å²) in [6.07, 6.45) is 1.70. The Bertz CT molecular complexity index is 1060. The van der Waals surface area contributed by atoms with Crippen LogP contribution in [0.3, 0.4) is 0 Å². The molecule has 0 radical (unpaired) electrons. The summed E-state index contributed by atoms with van der Waals surface area (Å²) in [5, 5.41) is 0. The number of cyclic esters (lactones) is 1. The minimum Gasteiger partial charge on any atom is -0.489 e. The van der Waals surface area contributed by atoms with E-state index >= 15 is 0 Å². The van der Waals surface area contributed by atoms with Crippen molar-refractivity contribution in [1.82, 2.24) is 0 Å². The highest BCUT2D eigenvalue weighted by atomic mass is 79.9. The number of esters is 1. The van der Waals surface area contributed by atoms with Crippen LogP contribution in [0.1, 0.15) is 16.7 Å². The van der Waals surface area contributed by atoms with Gasteiger partial charge in [0.2, 0.25) is 5.90 Å². The van der Waals surface area contributed by atoms with Crippen LogP contribution in [0.5, 0.6) is 5.75 Å². The third-order valence-corrected chi connectivity index (χ3v) is 4.62. The molecule has 0 N–H and O–H groups in total. The molecule has 0 atom stereocenters. The van der Waals surface area contributed by atoms with Gasteiger partial charge in [0.25, 0.3) is 0 Å². The number of ether oxygens (including phenoxy) is 2. The number of rotatable bonds is 5. The average Bonchev–Trinajstić information content (AvgIpc) is 3.09. The number of carbonyl (C=O) groups excluding carboxylic acids is 1. The molecule has 28 heavy (non-hydrogen) atoms. The van der Waals surface area contributed by atoms with Gasteiger partial charge in [0, 0.05) is 10.0 Å². The van der Waals surface area contributed by atoms with Crippen molar-refractivity contribution < 1.29 is 14.3 Å². The SMILES string of the molecule is O=C1OC(c2cccc(Br)c2)=N/C1=C\c1ccc(OCc2ccccc2)cc1. The van der Waals surface area contributed by atoms with E-state index in [4.69, 9.17) is 9.47 Å². The van der Waals surface area contributed by atoms with Gasteiger partial charge in [0.15, 0.2) is 5.70 Å². The molecule has 0 saturated carbocycles. The molecule has 0 fully saturated rings. The molecule has 0 amide bonds. The second kappa shape index (κ2) is 8.23. The molecular formula is C23H16BrNO3. The van der Waals surface area contributed by atoms with Gasteiger partial charge in [-0.3, -0.25) is 0 Å². The quantitative estimate of drug-likeness (QED) is 0.401. The number of benzene rings is 3. The molecule has 0 aliphatic carbocycles. The Morgan fingerprint density at radius 1 is 0.964 bits per heavy atom. The van der Waals surface area contributed by atoms with Crippen molar-refractivity contribution in [2.24, 2.45) is 4.99 Å². The van der Waals surface area contributed by atoms with Gasteiger partial charge in [-0.05, 0) is 47.5 Å². The van der Waals surface area contributed by atoms with Crippen LogP contribution in [0.2, 0.25) is 0 Å². The van der Waals surface area contributed by atoms with Gasteiger partial charge in [-0.2, -0.15) is 0 Å². The minimum atomic E-state index is -0.459. The fourth-order valence-corrected chi connectivity index (χ4v) is 3.11. The van der Waals surface area contributed by atoms with E-state index in [9.17, 15) is 4.79 Å². The Morgan fingerprint density at radius 3 is 2.50 bits per heavy atom. The molecule has 0 unspecified atom stereocenters. The lowest BCUT2D eigenvalue weighted by molar-refractivity contribution is -0.129. The zero-order valence-electron chi connectivity index (χ0n) is 14.8. The van der Waals surface area contributed by atoms with Crippen LogP contribution in [-0.4, -0.2) is 11.9 Å². The lowest BCUT2D eigenvalue weighted by Gasteiger charge is -2.06. The van der Waals surface area contributed by atoms with Crippen molar-refractivity contribution in [3.8, 4) is 5.75 Å². The smallest absolute Gasteiger partial charge is 0.363 e. The van der Waals surface area contributed by atoms with Crippen molar-refractivity contribution in [2.75, 3.05) is 0 Å². The van der Waals surface area contributed by atoms with Gasteiger partial charge in [0.1, 0.15) is 12.4 Å². The van der Waals surface area contributed by atoms with Crippen molar-refractivity contribution >= 4 is 33.9 Å². The highest BCUT2D eigenvalue weighted by Crippen LogP contribution is 2.22. The number of hydrogen-bond acceptors (Lipinski definition) is 4. The maximum Gasteiger partial charge on any atom is 0.363 e. The lowest BCUT2D eigenvalue weighted by Crippen LogP contribution is -2.05. The van der Waals surface area contributed by atoms with E-state index in [1.54, 1.807) is 6.08 Å².